The number of likely N-dealkylation sites (tertiary alicyclic amines) is 1. The van der Waals surface area contributed by atoms with Gasteiger partial charge in [-0.2, -0.15) is 17.6 Å². The minimum Gasteiger partial charge on any atom is -0.361 e. The summed E-state index contributed by atoms with van der Waals surface area (Å²) in [7, 11) is 0. The molecule has 2 aliphatic rings. The molecule has 4 N–H and O–H groups in total. The molecule has 280 valence electrons. The number of hydrogen-bond acceptors (Lipinski definition) is 9. The molecular formula is C33H47F4N5O8. The second-order valence-corrected chi connectivity index (χ2v) is 13.0. The highest BCUT2D eigenvalue weighted by atomic mass is 19.3. The van der Waals surface area contributed by atoms with Gasteiger partial charge in [-0.25, -0.2) is 0 Å². The van der Waals surface area contributed by atoms with E-state index in [4.69, 9.17) is 4.74 Å². The van der Waals surface area contributed by atoms with Gasteiger partial charge in [0, 0.05) is 0 Å². The number of Topliss-reactive ketones (excluding diaryl/α,β-unsaturated/α-hetero) is 1. The van der Waals surface area contributed by atoms with E-state index in [1.54, 1.807) is 51.1 Å². The van der Waals surface area contributed by atoms with Crippen molar-refractivity contribution in [2.75, 3.05) is 39.5 Å². The Bertz CT molecular complexity index is 1280. The Kier molecular flexibility index (Phi) is 16.0. The number of carbonyl (C=O) groups is 5. The van der Waals surface area contributed by atoms with E-state index in [0.717, 1.165) is 24.8 Å². The number of rotatable bonds is 21. The zero-order valence-electron chi connectivity index (χ0n) is 28.4. The SMILES string of the molecule is CC(C)C[C@H](NC(=O)[C@H](COC(F)F)NC(=O)[C@H](COC(F)F)NC(=O)CN1CCCCC1)C(=O)N[C@@H](Cc1ccccc1)C(=O)[C@@]1(C)CO1. The van der Waals surface area contributed by atoms with Crippen molar-refractivity contribution in [3.8, 4) is 0 Å². The average molecular weight is 718 g/mol. The number of ketones is 1. The van der Waals surface area contributed by atoms with Crippen LogP contribution in [0, 0.1) is 5.92 Å². The van der Waals surface area contributed by atoms with Crippen LogP contribution in [0.5, 0.6) is 0 Å². The van der Waals surface area contributed by atoms with Crippen molar-refractivity contribution in [1.82, 2.24) is 26.2 Å². The number of amides is 4. The highest BCUT2D eigenvalue weighted by Gasteiger charge is 2.50. The first-order valence-corrected chi connectivity index (χ1v) is 16.6. The molecule has 2 aliphatic heterocycles. The topological polar surface area (TPSA) is 168 Å². The zero-order valence-corrected chi connectivity index (χ0v) is 28.4. The summed E-state index contributed by atoms with van der Waals surface area (Å²) in [4.78, 5) is 68.1. The first-order chi connectivity index (χ1) is 23.7. The van der Waals surface area contributed by atoms with Gasteiger partial charge in [0.25, 0.3) is 0 Å². The van der Waals surface area contributed by atoms with E-state index < -0.39 is 79.8 Å². The third kappa shape index (κ3) is 13.9. The van der Waals surface area contributed by atoms with Crippen molar-refractivity contribution in [2.45, 2.75) is 95.9 Å². The van der Waals surface area contributed by atoms with Crippen LogP contribution in [-0.2, 0) is 44.6 Å². The quantitative estimate of drug-likeness (QED) is 0.109. The average Bonchev–Trinajstić information content (AvgIpc) is 3.82. The summed E-state index contributed by atoms with van der Waals surface area (Å²) in [5, 5.41) is 9.60. The van der Waals surface area contributed by atoms with Crippen LogP contribution in [0.2, 0.25) is 0 Å². The van der Waals surface area contributed by atoms with Crippen LogP contribution in [0.25, 0.3) is 0 Å². The van der Waals surface area contributed by atoms with Gasteiger partial charge in [0.2, 0.25) is 23.6 Å². The van der Waals surface area contributed by atoms with Gasteiger partial charge in [0.05, 0.1) is 32.4 Å². The molecule has 2 fully saturated rings. The Hall–Kier alpha value is -3.67. The second-order valence-electron chi connectivity index (χ2n) is 13.0. The minimum absolute atomic E-state index is 0.0470. The van der Waals surface area contributed by atoms with E-state index in [0.29, 0.717) is 13.1 Å². The number of halogens is 4. The fourth-order valence-corrected chi connectivity index (χ4v) is 5.46. The van der Waals surface area contributed by atoms with Crippen LogP contribution in [0.3, 0.4) is 0 Å². The fraction of sp³-hybridized carbons (Fsp3) is 0.667. The molecule has 2 saturated heterocycles. The minimum atomic E-state index is -3.35. The molecule has 17 heteroatoms. The molecule has 5 atom stereocenters. The van der Waals surface area contributed by atoms with Crippen molar-refractivity contribution in [1.29, 1.82) is 0 Å². The number of epoxide rings is 1. The van der Waals surface area contributed by atoms with Crippen LogP contribution < -0.4 is 21.3 Å². The fourth-order valence-electron chi connectivity index (χ4n) is 5.46. The van der Waals surface area contributed by atoms with Gasteiger partial charge in [-0.1, -0.05) is 50.6 Å². The standard InChI is InChI=1S/C33H47F4N5O8/c1-20(2)14-23(28(45)39-22(27(44)33(3)19-50-33)15-21-10-6-4-7-11-21)40-30(47)25(18-49-32(36)37)41-29(46)24(17-48-31(34)35)38-26(43)16-42-12-8-5-9-13-42/h4,6-7,10-11,20,22-25,31-32H,5,8-9,12-19H2,1-3H3,(H,38,43)(H,39,45)(H,40,47)(H,41,46)/t22-,23-,24-,25-,33+/m0/s1. The third-order valence-electron chi connectivity index (χ3n) is 8.23. The number of nitrogens with one attached hydrogen (secondary N) is 4. The molecule has 4 amide bonds. The molecule has 2 heterocycles. The molecule has 50 heavy (non-hydrogen) atoms. The summed E-state index contributed by atoms with van der Waals surface area (Å²) >= 11 is 0. The van der Waals surface area contributed by atoms with Gasteiger partial charge < -0.3 is 35.5 Å². The van der Waals surface area contributed by atoms with E-state index in [1.807, 2.05) is 4.90 Å². The lowest BCUT2D eigenvalue weighted by molar-refractivity contribution is -0.153. The van der Waals surface area contributed by atoms with Gasteiger partial charge in [-0.15, -0.1) is 0 Å². The molecule has 0 spiro atoms. The van der Waals surface area contributed by atoms with Crippen molar-refractivity contribution in [3.05, 3.63) is 35.9 Å². The molecule has 0 saturated carbocycles. The van der Waals surface area contributed by atoms with Crippen molar-refractivity contribution in [3.63, 3.8) is 0 Å². The van der Waals surface area contributed by atoms with Gasteiger partial charge in [0.1, 0.15) is 23.7 Å². The Morgan fingerprint density at radius 3 is 1.80 bits per heavy atom. The number of benzene rings is 1. The molecule has 1 aromatic carbocycles. The van der Waals surface area contributed by atoms with E-state index in [1.165, 1.54) is 0 Å². The number of hydrogen-bond donors (Lipinski definition) is 4. The molecule has 0 aliphatic carbocycles. The molecule has 0 aromatic heterocycles. The van der Waals surface area contributed by atoms with Crippen molar-refractivity contribution >= 4 is 29.4 Å². The third-order valence-corrected chi connectivity index (χ3v) is 8.23. The Balaban J connectivity index is 1.75. The summed E-state index contributed by atoms with van der Waals surface area (Å²) in [6, 6.07) is 2.99. The maximum absolute atomic E-state index is 13.6. The number of alkyl halides is 4. The lowest BCUT2D eigenvalue weighted by Gasteiger charge is -2.28. The summed E-state index contributed by atoms with van der Waals surface area (Å²) in [6.45, 7) is -2.28. The zero-order chi connectivity index (χ0) is 36.8. The van der Waals surface area contributed by atoms with E-state index >= 15 is 0 Å². The van der Waals surface area contributed by atoms with Gasteiger partial charge in [-0.05, 0) is 57.2 Å². The number of piperidine rings is 1. The molecule has 0 bridgehead atoms. The number of nitrogens with zero attached hydrogens (tertiary/aromatic N) is 1. The van der Waals surface area contributed by atoms with Crippen molar-refractivity contribution < 1.29 is 55.7 Å². The highest BCUT2D eigenvalue weighted by Crippen LogP contribution is 2.29. The molecule has 0 unspecified atom stereocenters. The van der Waals surface area contributed by atoms with E-state index in [9.17, 15) is 41.5 Å². The van der Waals surface area contributed by atoms with Crippen LogP contribution in [0.1, 0.15) is 52.0 Å². The summed E-state index contributed by atoms with van der Waals surface area (Å²) in [5.74, 6) is -4.29. The van der Waals surface area contributed by atoms with Crippen molar-refractivity contribution in [2.24, 2.45) is 5.92 Å². The number of carbonyl (C=O) groups excluding carboxylic acids is 5. The van der Waals surface area contributed by atoms with Gasteiger partial charge in [0.15, 0.2) is 5.78 Å². The predicted octanol–water partition coefficient (Wildman–Crippen LogP) is 1.54. The lowest BCUT2D eigenvalue weighted by Crippen LogP contribution is -2.60. The van der Waals surface area contributed by atoms with Crippen LogP contribution >= 0.6 is 0 Å². The van der Waals surface area contributed by atoms with Gasteiger partial charge >= 0.3 is 13.2 Å². The molecule has 13 nitrogen and oxygen atoms in total. The molecule has 3 rings (SSSR count). The first-order valence-electron chi connectivity index (χ1n) is 16.6. The number of ether oxygens (including phenoxy) is 3. The summed E-state index contributed by atoms with van der Waals surface area (Å²) in [6.07, 6.45) is 2.89. The maximum Gasteiger partial charge on any atom is 0.345 e. The highest BCUT2D eigenvalue weighted by molar-refractivity contribution is 5.99. The largest absolute Gasteiger partial charge is 0.361 e. The molecule has 1 aromatic rings. The van der Waals surface area contributed by atoms with E-state index in [2.05, 4.69) is 30.7 Å². The lowest BCUT2D eigenvalue weighted by atomic mass is 9.94. The first kappa shape index (κ1) is 40.8. The molecular weight excluding hydrogens is 670 g/mol. The Morgan fingerprint density at radius 1 is 0.780 bits per heavy atom. The van der Waals surface area contributed by atoms with Crippen LogP contribution in [-0.4, -0.2) is 117 Å². The van der Waals surface area contributed by atoms with E-state index in [-0.39, 0.29) is 37.7 Å². The van der Waals surface area contributed by atoms with Gasteiger partial charge in [-0.3, -0.25) is 28.9 Å². The summed E-state index contributed by atoms with van der Waals surface area (Å²) in [5.41, 5.74) is -0.334. The Morgan fingerprint density at radius 2 is 1.28 bits per heavy atom. The predicted molar refractivity (Wildman–Crippen MR) is 171 cm³/mol. The summed E-state index contributed by atoms with van der Waals surface area (Å²) < 4.78 is 65.9. The Labute approximate surface area is 288 Å². The monoisotopic (exact) mass is 717 g/mol. The van der Waals surface area contributed by atoms with Crippen LogP contribution in [0.15, 0.2) is 30.3 Å². The smallest absolute Gasteiger partial charge is 0.345 e. The normalized spacial score (nSPS) is 20.1. The molecule has 0 radical (unpaired) electrons. The van der Waals surface area contributed by atoms with Crippen LogP contribution in [0.4, 0.5) is 17.6 Å². The maximum atomic E-state index is 13.6. The second kappa shape index (κ2) is 19.7.